The maximum atomic E-state index is 12.9. The van der Waals surface area contributed by atoms with Crippen LogP contribution in [0.15, 0.2) is 0 Å². The number of hydroxylamine groups is 2. The van der Waals surface area contributed by atoms with Crippen molar-refractivity contribution in [3.05, 3.63) is 0 Å². The van der Waals surface area contributed by atoms with Crippen LogP contribution in [-0.2, 0) is 9.63 Å². The van der Waals surface area contributed by atoms with Crippen LogP contribution in [0, 0.1) is 40.4 Å². The van der Waals surface area contributed by atoms with Crippen LogP contribution in [0.25, 0.3) is 0 Å². The summed E-state index contributed by atoms with van der Waals surface area (Å²) >= 11 is 0. The summed E-state index contributed by atoms with van der Waals surface area (Å²) in [5.41, 5.74) is 0.0576. The SMILES string of the molecule is CON(C)C(=O)[C@H]1CC[C@H]2[C@@H]3CC[C@H]4C[C@](C)(O)CC[C@]4(C)[C@H]3CC[C@]12C. The Morgan fingerprint density at radius 2 is 1.67 bits per heavy atom. The lowest BCUT2D eigenvalue weighted by molar-refractivity contribution is -0.182. The summed E-state index contributed by atoms with van der Waals surface area (Å²) in [6, 6.07) is 0. The third-order valence-electron chi connectivity index (χ3n) is 9.84. The maximum absolute atomic E-state index is 12.9. The Hall–Kier alpha value is -0.610. The molecule has 0 unspecified atom stereocenters. The maximum Gasteiger partial charge on any atom is 0.249 e. The van der Waals surface area contributed by atoms with E-state index in [9.17, 15) is 9.90 Å². The molecule has 4 saturated carbocycles. The van der Waals surface area contributed by atoms with Crippen LogP contribution in [0.4, 0.5) is 0 Å². The number of hydrogen-bond donors (Lipinski definition) is 1. The average Bonchev–Trinajstić information content (AvgIpc) is 2.98. The van der Waals surface area contributed by atoms with Gasteiger partial charge >= 0.3 is 0 Å². The minimum Gasteiger partial charge on any atom is -0.390 e. The number of nitrogens with zero attached hydrogens (tertiary/aromatic N) is 1. The van der Waals surface area contributed by atoms with E-state index in [4.69, 9.17) is 4.84 Å². The summed E-state index contributed by atoms with van der Waals surface area (Å²) < 4.78 is 0. The van der Waals surface area contributed by atoms with Gasteiger partial charge in [0.15, 0.2) is 0 Å². The Balaban J connectivity index is 1.57. The molecule has 4 aliphatic carbocycles. The number of carbonyl (C=O) groups is 1. The minimum atomic E-state index is -0.462. The molecule has 8 atom stereocenters. The number of hydrogen-bond acceptors (Lipinski definition) is 3. The van der Waals surface area contributed by atoms with Gasteiger partial charge in [-0.3, -0.25) is 9.63 Å². The number of rotatable bonds is 2. The Morgan fingerprint density at radius 3 is 2.37 bits per heavy atom. The molecule has 4 rings (SSSR count). The molecule has 0 aromatic heterocycles. The molecule has 1 N–H and O–H groups in total. The zero-order valence-electron chi connectivity index (χ0n) is 18.0. The minimum absolute atomic E-state index is 0.117. The van der Waals surface area contributed by atoms with Gasteiger partial charge in [-0.25, -0.2) is 5.06 Å². The predicted molar refractivity (Wildman–Crippen MR) is 106 cm³/mol. The summed E-state index contributed by atoms with van der Waals surface area (Å²) in [5, 5.41) is 12.1. The molecule has 27 heavy (non-hydrogen) atoms. The van der Waals surface area contributed by atoms with E-state index in [0.717, 1.165) is 31.1 Å². The van der Waals surface area contributed by atoms with Crippen LogP contribution in [0.3, 0.4) is 0 Å². The molecule has 0 saturated heterocycles. The number of fused-ring (bicyclic) bond motifs is 5. The average molecular weight is 378 g/mol. The molecule has 0 bridgehead atoms. The van der Waals surface area contributed by atoms with Crippen LogP contribution in [0.5, 0.6) is 0 Å². The lowest BCUT2D eigenvalue weighted by atomic mass is 9.44. The highest BCUT2D eigenvalue weighted by atomic mass is 16.7. The van der Waals surface area contributed by atoms with Gasteiger partial charge in [-0.1, -0.05) is 13.8 Å². The van der Waals surface area contributed by atoms with Crippen LogP contribution in [0.1, 0.15) is 78.6 Å². The molecule has 4 nitrogen and oxygen atoms in total. The third-order valence-corrected chi connectivity index (χ3v) is 9.84. The van der Waals surface area contributed by atoms with Crippen molar-refractivity contribution in [1.82, 2.24) is 5.06 Å². The van der Waals surface area contributed by atoms with Crippen molar-refractivity contribution in [2.24, 2.45) is 40.4 Å². The normalized spacial score (nSPS) is 51.9. The van der Waals surface area contributed by atoms with Crippen molar-refractivity contribution in [1.29, 1.82) is 0 Å². The van der Waals surface area contributed by atoms with E-state index >= 15 is 0 Å². The smallest absolute Gasteiger partial charge is 0.249 e. The number of aliphatic hydroxyl groups is 1. The standard InChI is InChI=1S/C23H39NO3/c1-21(26)12-13-22(2)15(14-21)6-7-16-17-8-9-19(20(25)24(4)27-5)23(17,3)11-10-18(16)22/h15-19,26H,6-14H2,1-5H3/t15-,16-,17-,18-,19+,21+,22-,23-/m0/s1. The fraction of sp³-hybridized carbons (Fsp3) is 0.957. The second-order valence-electron chi connectivity index (χ2n) is 11.1. The molecule has 0 radical (unpaired) electrons. The molecule has 1 amide bonds. The Morgan fingerprint density at radius 1 is 0.963 bits per heavy atom. The highest BCUT2D eigenvalue weighted by Gasteiger charge is 2.62. The highest BCUT2D eigenvalue weighted by Crippen LogP contribution is 2.68. The van der Waals surface area contributed by atoms with Crippen molar-refractivity contribution in [2.45, 2.75) is 84.2 Å². The van der Waals surface area contributed by atoms with E-state index in [1.807, 2.05) is 6.92 Å². The quantitative estimate of drug-likeness (QED) is 0.725. The van der Waals surface area contributed by atoms with Crippen molar-refractivity contribution in [3.8, 4) is 0 Å². The second-order valence-corrected chi connectivity index (χ2v) is 11.1. The van der Waals surface area contributed by atoms with E-state index < -0.39 is 5.60 Å². The number of amides is 1. The van der Waals surface area contributed by atoms with Gasteiger partial charge in [0.05, 0.1) is 12.7 Å². The molecular weight excluding hydrogens is 338 g/mol. The van der Waals surface area contributed by atoms with Crippen LogP contribution in [-0.4, -0.2) is 35.8 Å². The molecule has 0 aromatic carbocycles. The number of carbonyl (C=O) groups excluding carboxylic acids is 1. The van der Waals surface area contributed by atoms with Gasteiger partial charge in [0.25, 0.3) is 0 Å². The fourth-order valence-corrected chi connectivity index (χ4v) is 8.15. The van der Waals surface area contributed by atoms with Crippen LogP contribution in [0.2, 0.25) is 0 Å². The first kappa shape index (κ1) is 19.7. The van der Waals surface area contributed by atoms with Crippen molar-refractivity contribution in [2.75, 3.05) is 14.2 Å². The van der Waals surface area contributed by atoms with Crippen molar-refractivity contribution >= 4 is 5.91 Å². The van der Waals surface area contributed by atoms with Gasteiger partial charge < -0.3 is 5.11 Å². The van der Waals surface area contributed by atoms with E-state index in [-0.39, 0.29) is 17.2 Å². The molecule has 0 aromatic rings. The summed E-state index contributed by atoms with van der Waals surface area (Å²) in [7, 11) is 3.34. The molecule has 4 heteroatoms. The molecule has 4 aliphatic rings. The molecule has 4 fully saturated rings. The van der Waals surface area contributed by atoms with Gasteiger partial charge in [0, 0.05) is 13.0 Å². The zero-order chi connectivity index (χ0) is 19.6. The molecular formula is C23H39NO3. The van der Waals surface area contributed by atoms with E-state index in [2.05, 4.69) is 13.8 Å². The molecule has 0 heterocycles. The van der Waals surface area contributed by atoms with Gasteiger partial charge in [-0.2, -0.15) is 0 Å². The Kier molecular flexibility index (Phi) is 4.71. The van der Waals surface area contributed by atoms with E-state index in [1.165, 1.54) is 43.6 Å². The van der Waals surface area contributed by atoms with Gasteiger partial charge in [-0.05, 0) is 99.2 Å². The van der Waals surface area contributed by atoms with E-state index in [0.29, 0.717) is 17.3 Å². The lowest BCUT2D eigenvalue weighted by Crippen LogP contribution is -2.56. The van der Waals surface area contributed by atoms with Crippen LogP contribution >= 0.6 is 0 Å². The topological polar surface area (TPSA) is 49.8 Å². The summed E-state index contributed by atoms with van der Waals surface area (Å²) in [5.74, 6) is 3.18. The van der Waals surface area contributed by atoms with E-state index in [1.54, 1.807) is 14.2 Å². The first-order chi connectivity index (χ1) is 12.6. The van der Waals surface area contributed by atoms with Crippen LogP contribution < -0.4 is 0 Å². The van der Waals surface area contributed by atoms with Gasteiger partial charge in [-0.15, -0.1) is 0 Å². The van der Waals surface area contributed by atoms with Crippen molar-refractivity contribution in [3.63, 3.8) is 0 Å². The van der Waals surface area contributed by atoms with Crippen molar-refractivity contribution < 1.29 is 14.7 Å². The summed E-state index contributed by atoms with van der Waals surface area (Å²) in [6.45, 7) is 6.96. The lowest BCUT2D eigenvalue weighted by Gasteiger charge is -2.61. The van der Waals surface area contributed by atoms with Gasteiger partial charge in [0.2, 0.25) is 5.91 Å². The van der Waals surface area contributed by atoms with Gasteiger partial charge in [0.1, 0.15) is 0 Å². The zero-order valence-corrected chi connectivity index (χ0v) is 18.0. The first-order valence-corrected chi connectivity index (χ1v) is 11.2. The first-order valence-electron chi connectivity index (χ1n) is 11.2. The second kappa shape index (κ2) is 6.45. The summed E-state index contributed by atoms with van der Waals surface area (Å²) in [6.07, 6.45) is 10.3. The third kappa shape index (κ3) is 2.88. The summed E-state index contributed by atoms with van der Waals surface area (Å²) in [4.78, 5) is 18.2. The Bertz CT molecular complexity index is 604. The molecule has 0 spiro atoms. The Labute approximate surface area is 165 Å². The molecule has 0 aliphatic heterocycles. The fourth-order valence-electron chi connectivity index (χ4n) is 8.15. The largest absolute Gasteiger partial charge is 0.390 e. The molecule has 154 valence electrons. The monoisotopic (exact) mass is 377 g/mol. The highest BCUT2D eigenvalue weighted by molar-refractivity contribution is 5.79. The predicted octanol–water partition coefficient (Wildman–Crippen LogP) is 4.42.